The molecule has 9 heteroatoms. The lowest BCUT2D eigenvalue weighted by Crippen LogP contribution is -2.50. The molecule has 2 aliphatic heterocycles. The number of carbonyl (C=O) groups excluding carboxylic acids is 1. The number of fused-ring (bicyclic) bond motifs is 4. The van der Waals surface area contributed by atoms with E-state index in [1.54, 1.807) is 22.9 Å². The van der Waals surface area contributed by atoms with E-state index in [0.717, 1.165) is 12.1 Å². The van der Waals surface area contributed by atoms with Crippen molar-refractivity contribution in [2.45, 2.75) is 32.1 Å². The van der Waals surface area contributed by atoms with Gasteiger partial charge in [-0.2, -0.15) is 0 Å². The zero-order valence-electron chi connectivity index (χ0n) is 13.7. The Bertz CT molecular complexity index is 962. The molecule has 3 aromatic rings. The first-order valence-electron chi connectivity index (χ1n) is 8.32. The summed E-state index contributed by atoms with van der Waals surface area (Å²) in [5.74, 6) is 0.501. The Morgan fingerprint density at radius 1 is 1.40 bits per heavy atom. The van der Waals surface area contributed by atoms with Gasteiger partial charge in [-0.3, -0.25) is 9.20 Å². The summed E-state index contributed by atoms with van der Waals surface area (Å²) in [6.45, 7) is 3.57. The Balaban J connectivity index is 1.48. The number of amides is 1. The Kier molecular flexibility index (Phi) is 3.11. The monoisotopic (exact) mass is 339 g/mol. The molecule has 128 valence electrons. The summed E-state index contributed by atoms with van der Waals surface area (Å²) in [5.41, 5.74) is 2.20. The highest BCUT2D eigenvalue weighted by atomic mass is 16.5. The fourth-order valence-electron chi connectivity index (χ4n) is 3.77. The molecule has 2 atom stereocenters. The molecule has 25 heavy (non-hydrogen) atoms. The third-order valence-corrected chi connectivity index (χ3v) is 5.00. The molecule has 1 fully saturated rings. The van der Waals surface area contributed by atoms with Gasteiger partial charge in [0.1, 0.15) is 5.69 Å². The fraction of sp³-hybridized carbons (Fsp3) is 0.438. The molecule has 3 aromatic heterocycles. The minimum Gasteiger partial charge on any atom is -0.370 e. The number of nitrogens with zero attached hydrogens (tertiary/aromatic N) is 7. The van der Waals surface area contributed by atoms with Crippen LogP contribution in [0.2, 0.25) is 0 Å². The molecule has 5 rings (SSSR count). The van der Waals surface area contributed by atoms with Crippen molar-refractivity contribution in [3.63, 3.8) is 0 Å². The predicted molar refractivity (Wildman–Crippen MR) is 85.9 cm³/mol. The number of hydrogen-bond donors (Lipinski definition) is 0. The lowest BCUT2D eigenvalue weighted by atomic mass is 10.00. The quantitative estimate of drug-likeness (QED) is 0.645. The highest BCUT2D eigenvalue weighted by molar-refractivity contribution is 5.94. The van der Waals surface area contributed by atoms with Gasteiger partial charge in [0.05, 0.1) is 36.3 Å². The van der Waals surface area contributed by atoms with Gasteiger partial charge in [0, 0.05) is 25.5 Å². The van der Waals surface area contributed by atoms with Gasteiger partial charge in [-0.1, -0.05) is 5.21 Å². The number of hydrogen-bond acceptors (Lipinski definition) is 6. The van der Waals surface area contributed by atoms with E-state index in [-0.39, 0.29) is 18.1 Å². The molecule has 0 aliphatic carbocycles. The van der Waals surface area contributed by atoms with E-state index in [1.807, 2.05) is 22.7 Å². The highest BCUT2D eigenvalue weighted by Crippen LogP contribution is 2.30. The first-order chi connectivity index (χ1) is 12.2. The summed E-state index contributed by atoms with van der Waals surface area (Å²) in [6.07, 6.45) is 6.07. The Morgan fingerprint density at radius 2 is 2.32 bits per heavy atom. The molecule has 0 radical (unpaired) electrons. The van der Waals surface area contributed by atoms with Crippen LogP contribution in [0.4, 0.5) is 0 Å². The number of rotatable bonds is 1. The van der Waals surface area contributed by atoms with E-state index < -0.39 is 0 Å². The molecule has 5 heterocycles. The second kappa shape index (κ2) is 5.35. The van der Waals surface area contributed by atoms with Crippen LogP contribution in [0.3, 0.4) is 0 Å². The number of aryl methyl sites for hydroxylation is 1. The van der Waals surface area contributed by atoms with E-state index in [0.29, 0.717) is 36.9 Å². The molecular weight excluding hydrogens is 322 g/mol. The van der Waals surface area contributed by atoms with Crippen LogP contribution in [0.25, 0.3) is 5.78 Å². The van der Waals surface area contributed by atoms with Gasteiger partial charge in [0.25, 0.3) is 5.91 Å². The van der Waals surface area contributed by atoms with Gasteiger partial charge in [-0.05, 0) is 19.4 Å². The molecule has 0 spiro atoms. The van der Waals surface area contributed by atoms with Crippen molar-refractivity contribution in [2.75, 3.05) is 13.1 Å². The van der Waals surface area contributed by atoms with Gasteiger partial charge in [0.15, 0.2) is 0 Å². The maximum absolute atomic E-state index is 13.2. The Labute approximate surface area is 143 Å². The molecule has 1 saturated heterocycles. The standard InChI is InChI=1S/C16H17N7O2/c1-10-14(22-5-2-4-17-16(22)19-10)15(24)21-6-3-13-12(8-21)23-11(9-25-13)7-18-20-23/h2,4-5,7,12-13H,3,6,8-9H2,1H3/t12-,13+/m0/s1. The number of ether oxygens (including phenoxy) is 1. The number of imidazole rings is 1. The van der Waals surface area contributed by atoms with Gasteiger partial charge in [-0.15, -0.1) is 5.10 Å². The number of aromatic nitrogens is 6. The lowest BCUT2D eigenvalue weighted by molar-refractivity contribution is -0.0605. The summed E-state index contributed by atoms with van der Waals surface area (Å²) in [7, 11) is 0. The number of likely N-dealkylation sites (tertiary alicyclic amines) is 1. The van der Waals surface area contributed by atoms with Gasteiger partial charge < -0.3 is 9.64 Å². The second-order valence-corrected chi connectivity index (χ2v) is 6.46. The molecule has 1 amide bonds. The van der Waals surface area contributed by atoms with Gasteiger partial charge in [-0.25, -0.2) is 14.6 Å². The molecule has 0 unspecified atom stereocenters. The van der Waals surface area contributed by atoms with E-state index in [9.17, 15) is 4.79 Å². The molecule has 0 saturated carbocycles. The Hall–Kier alpha value is -2.81. The normalized spacial score (nSPS) is 22.7. The van der Waals surface area contributed by atoms with Crippen LogP contribution < -0.4 is 0 Å². The van der Waals surface area contributed by atoms with E-state index in [2.05, 4.69) is 20.3 Å². The van der Waals surface area contributed by atoms with Crippen LogP contribution in [0.5, 0.6) is 0 Å². The van der Waals surface area contributed by atoms with Crippen molar-refractivity contribution in [2.24, 2.45) is 0 Å². The summed E-state index contributed by atoms with van der Waals surface area (Å²) in [6, 6.07) is 1.80. The topological polar surface area (TPSA) is 90.4 Å². The Morgan fingerprint density at radius 3 is 3.24 bits per heavy atom. The average Bonchev–Trinajstić information content (AvgIpc) is 3.24. The second-order valence-electron chi connectivity index (χ2n) is 6.46. The molecule has 2 aliphatic rings. The van der Waals surface area contributed by atoms with E-state index in [4.69, 9.17) is 4.74 Å². The molecular formula is C16H17N7O2. The van der Waals surface area contributed by atoms with Crippen molar-refractivity contribution >= 4 is 11.7 Å². The van der Waals surface area contributed by atoms with E-state index >= 15 is 0 Å². The van der Waals surface area contributed by atoms with Gasteiger partial charge >= 0.3 is 0 Å². The van der Waals surface area contributed by atoms with Crippen LogP contribution in [0, 0.1) is 6.92 Å². The van der Waals surface area contributed by atoms with Crippen LogP contribution >= 0.6 is 0 Å². The predicted octanol–water partition coefficient (Wildman–Crippen LogP) is 0.615. The smallest absolute Gasteiger partial charge is 0.272 e. The van der Waals surface area contributed by atoms with E-state index in [1.165, 1.54) is 0 Å². The average molecular weight is 339 g/mol. The first-order valence-corrected chi connectivity index (χ1v) is 8.32. The molecule has 0 aromatic carbocycles. The molecule has 0 N–H and O–H groups in total. The van der Waals surface area contributed by atoms with Crippen molar-refractivity contribution in [3.05, 3.63) is 41.7 Å². The fourth-order valence-corrected chi connectivity index (χ4v) is 3.77. The number of carbonyl (C=O) groups is 1. The lowest BCUT2D eigenvalue weighted by Gasteiger charge is -2.40. The summed E-state index contributed by atoms with van der Waals surface area (Å²) in [4.78, 5) is 23.6. The van der Waals surface area contributed by atoms with Crippen LogP contribution in [-0.4, -0.2) is 59.4 Å². The zero-order chi connectivity index (χ0) is 17.0. The minimum atomic E-state index is -0.0383. The van der Waals surface area contributed by atoms with Crippen LogP contribution in [0.1, 0.15) is 34.3 Å². The largest absolute Gasteiger partial charge is 0.370 e. The van der Waals surface area contributed by atoms with Crippen molar-refractivity contribution in [3.8, 4) is 0 Å². The van der Waals surface area contributed by atoms with Crippen molar-refractivity contribution in [1.82, 2.24) is 34.3 Å². The minimum absolute atomic E-state index is 0.00145. The van der Waals surface area contributed by atoms with Crippen molar-refractivity contribution in [1.29, 1.82) is 0 Å². The highest BCUT2D eigenvalue weighted by Gasteiger charge is 2.38. The maximum atomic E-state index is 13.2. The van der Waals surface area contributed by atoms with Crippen molar-refractivity contribution < 1.29 is 9.53 Å². The van der Waals surface area contributed by atoms with Crippen LogP contribution in [-0.2, 0) is 11.3 Å². The first kappa shape index (κ1) is 14.5. The maximum Gasteiger partial charge on any atom is 0.272 e. The SMILES string of the molecule is Cc1nc2ncccn2c1C(=O)N1CC[C@H]2OCc3cnnn3[C@H]2C1. The summed E-state index contributed by atoms with van der Waals surface area (Å²) < 4.78 is 9.56. The number of piperidine rings is 1. The molecule has 0 bridgehead atoms. The third-order valence-electron chi connectivity index (χ3n) is 5.00. The van der Waals surface area contributed by atoms with Gasteiger partial charge in [0.2, 0.25) is 5.78 Å². The summed E-state index contributed by atoms with van der Waals surface area (Å²) >= 11 is 0. The zero-order valence-corrected chi connectivity index (χ0v) is 13.7. The molecule has 9 nitrogen and oxygen atoms in total. The third kappa shape index (κ3) is 2.15. The summed E-state index contributed by atoms with van der Waals surface area (Å²) in [5, 5.41) is 8.16. The van der Waals surface area contributed by atoms with Crippen LogP contribution in [0.15, 0.2) is 24.7 Å².